The van der Waals surface area contributed by atoms with Gasteiger partial charge in [-0.1, -0.05) is 67.6 Å². The Morgan fingerprint density at radius 3 is 2.00 bits per heavy atom. The molecule has 2 aromatic carbocycles. The van der Waals surface area contributed by atoms with E-state index in [1.807, 2.05) is 0 Å². The molecule has 0 heterocycles. The van der Waals surface area contributed by atoms with Gasteiger partial charge in [0.25, 0.3) is 0 Å². The smallest absolute Gasteiger partial charge is 0.243 e. The van der Waals surface area contributed by atoms with Gasteiger partial charge in [-0.15, -0.1) is 0 Å². The molecule has 2 rings (SSSR count). The number of carboxylic acid groups (broad SMARTS) is 1. The minimum Gasteiger partial charge on any atom is -0.798 e. The molecule has 3 amide bonds. The predicted molar refractivity (Wildman–Crippen MR) is 151 cm³/mol. The Morgan fingerprint density at radius 1 is 0.881 bits per heavy atom. The van der Waals surface area contributed by atoms with Gasteiger partial charge in [-0.2, -0.15) is 0 Å². The van der Waals surface area contributed by atoms with Crippen LogP contribution < -0.4 is 31.7 Å². The number of rotatable bonds is 18. The van der Waals surface area contributed by atoms with Gasteiger partial charge >= 0.3 is 0 Å². The first kappa shape index (κ1) is 34.6. The molecule has 13 heteroatoms. The number of carboxylic acids is 1. The SMILES string of the molecule is C[C@H](CP(=O)([O-])[C@H](Cc1ccccc1)NC(=O)Cc1ccccc1)C(=O)NC(CCCC[NH3+])C(=O)N[C@H](CO)C(=O)[O-]. The molecule has 0 aliphatic carbocycles. The van der Waals surface area contributed by atoms with Crippen LogP contribution in [0.1, 0.15) is 37.3 Å². The second kappa shape index (κ2) is 17.4. The first-order valence-electron chi connectivity index (χ1n) is 13.9. The largest absolute Gasteiger partial charge is 0.798 e. The fraction of sp³-hybridized carbons (Fsp3) is 0.448. The van der Waals surface area contributed by atoms with Crippen molar-refractivity contribution in [3.63, 3.8) is 0 Å². The van der Waals surface area contributed by atoms with Crippen LogP contribution in [0.2, 0.25) is 0 Å². The van der Waals surface area contributed by atoms with Crippen LogP contribution in [0.4, 0.5) is 0 Å². The van der Waals surface area contributed by atoms with Gasteiger partial charge in [0.1, 0.15) is 6.04 Å². The van der Waals surface area contributed by atoms with E-state index >= 15 is 0 Å². The maximum Gasteiger partial charge on any atom is 0.243 e. The number of amides is 3. The summed E-state index contributed by atoms with van der Waals surface area (Å²) in [4.78, 5) is 63.3. The molecule has 42 heavy (non-hydrogen) atoms. The Bertz CT molecular complexity index is 1210. The molecule has 7 N–H and O–H groups in total. The molecule has 12 nitrogen and oxygen atoms in total. The number of unbranched alkanes of at least 4 members (excludes halogenated alkanes) is 1. The van der Waals surface area contributed by atoms with E-state index < -0.39 is 67.6 Å². The van der Waals surface area contributed by atoms with Gasteiger partial charge in [0.2, 0.25) is 17.7 Å². The van der Waals surface area contributed by atoms with Crippen LogP contribution >= 0.6 is 7.37 Å². The summed E-state index contributed by atoms with van der Waals surface area (Å²) < 4.78 is 13.6. The number of benzene rings is 2. The summed E-state index contributed by atoms with van der Waals surface area (Å²) in [5.41, 5.74) is 5.13. The minimum absolute atomic E-state index is 0.00164. The van der Waals surface area contributed by atoms with Gasteiger partial charge in [-0.05, 0) is 36.8 Å². The lowest BCUT2D eigenvalue weighted by molar-refractivity contribution is -0.368. The van der Waals surface area contributed by atoms with E-state index in [0.717, 1.165) is 0 Å². The molecule has 0 aliphatic heterocycles. The van der Waals surface area contributed by atoms with E-state index in [0.29, 0.717) is 30.5 Å². The van der Waals surface area contributed by atoms with Crippen LogP contribution in [-0.2, 0) is 36.6 Å². The first-order valence-corrected chi connectivity index (χ1v) is 15.7. The lowest BCUT2D eigenvalue weighted by atomic mass is 10.1. The molecule has 0 saturated heterocycles. The summed E-state index contributed by atoms with van der Waals surface area (Å²) in [5, 5.41) is 27.6. The number of aliphatic carboxylic acids is 1. The number of quaternary nitrogens is 1. The highest BCUT2D eigenvalue weighted by atomic mass is 31.2. The highest BCUT2D eigenvalue weighted by Gasteiger charge is 2.31. The molecule has 0 saturated carbocycles. The molecule has 0 aromatic heterocycles. The minimum atomic E-state index is -4.44. The molecular weight excluding hydrogens is 563 g/mol. The van der Waals surface area contributed by atoms with Gasteiger partial charge in [0.15, 0.2) is 0 Å². The third-order valence-corrected chi connectivity index (χ3v) is 8.99. The summed E-state index contributed by atoms with van der Waals surface area (Å²) in [7, 11) is -4.44. The number of aliphatic hydroxyl groups is 1. The number of carbonyl (C=O) groups is 4. The zero-order chi connectivity index (χ0) is 31.1. The number of aliphatic hydroxyl groups excluding tert-OH is 1. The standard InChI is InChI=1S/C29H41N4O8P/c1-20(27(36)31-23(14-8-9-15-30)28(37)32-24(18-34)29(38)39)19-42(40,41)26(17-22-12-6-3-7-13-22)33-25(35)16-21-10-4-2-5-11-21/h2-7,10-13,20,23-24,26,34H,8-9,14-19,30H2,1H3,(H,31,36)(H,32,37)(H,33,35)(H,38,39)(H,40,41)/p-1/t20-,23?,24-,26-/m1/s1. The van der Waals surface area contributed by atoms with E-state index in [-0.39, 0.29) is 19.3 Å². The van der Waals surface area contributed by atoms with E-state index in [2.05, 4.69) is 21.7 Å². The van der Waals surface area contributed by atoms with Crippen molar-refractivity contribution in [1.82, 2.24) is 16.0 Å². The van der Waals surface area contributed by atoms with Crippen LogP contribution in [0.5, 0.6) is 0 Å². The van der Waals surface area contributed by atoms with E-state index in [1.54, 1.807) is 60.7 Å². The molecule has 0 fully saturated rings. The normalized spacial score (nSPS) is 15.3. The number of hydrogen-bond donors (Lipinski definition) is 5. The zero-order valence-electron chi connectivity index (χ0n) is 23.7. The van der Waals surface area contributed by atoms with E-state index in [4.69, 9.17) is 0 Å². The molecule has 5 atom stereocenters. The molecule has 0 aliphatic rings. The second-order valence-electron chi connectivity index (χ2n) is 10.2. The van der Waals surface area contributed by atoms with E-state index in [1.165, 1.54) is 6.92 Å². The van der Waals surface area contributed by atoms with Crippen molar-refractivity contribution in [3.8, 4) is 0 Å². The molecule has 2 aromatic rings. The van der Waals surface area contributed by atoms with Crippen molar-refractivity contribution >= 4 is 31.1 Å². The Kier molecular flexibility index (Phi) is 14.3. The summed E-state index contributed by atoms with van der Waals surface area (Å²) in [6, 6.07) is 14.8. The number of hydrogen-bond acceptors (Lipinski definition) is 8. The van der Waals surface area contributed by atoms with Crippen LogP contribution in [0, 0.1) is 5.92 Å². The van der Waals surface area contributed by atoms with Gasteiger partial charge in [-0.25, -0.2) is 0 Å². The van der Waals surface area contributed by atoms with E-state index in [9.17, 15) is 38.8 Å². The van der Waals surface area contributed by atoms with Crippen LogP contribution in [-0.4, -0.2) is 66.0 Å². The van der Waals surface area contributed by atoms with Crippen molar-refractivity contribution in [2.75, 3.05) is 19.3 Å². The Labute approximate surface area is 245 Å². The fourth-order valence-corrected chi connectivity index (χ4v) is 6.31. The Morgan fingerprint density at radius 2 is 1.45 bits per heavy atom. The highest BCUT2D eigenvalue weighted by molar-refractivity contribution is 7.57. The Balaban J connectivity index is 2.16. The third-order valence-electron chi connectivity index (χ3n) is 6.67. The third kappa shape index (κ3) is 11.7. The van der Waals surface area contributed by atoms with Crippen LogP contribution in [0.3, 0.4) is 0 Å². The quantitative estimate of drug-likeness (QED) is 0.0977. The second-order valence-corrected chi connectivity index (χ2v) is 12.7. The average Bonchev–Trinajstić information content (AvgIpc) is 2.95. The maximum absolute atomic E-state index is 13.6. The molecule has 0 spiro atoms. The van der Waals surface area contributed by atoms with Crippen molar-refractivity contribution in [2.45, 2.75) is 56.9 Å². The molecule has 0 bridgehead atoms. The van der Waals surface area contributed by atoms with Crippen LogP contribution in [0.15, 0.2) is 60.7 Å². The molecule has 0 radical (unpaired) electrons. The first-order chi connectivity index (χ1) is 20.0. The summed E-state index contributed by atoms with van der Waals surface area (Å²) in [6.45, 7) is 1.07. The zero-order valence-corrected chi connectivity index (χ0v) is 24.6. The fourth-order valence-electron chi connectivity index (χ4n) is 4.30. The summed E-state index contributed by atoms with van der Waals surface area (Å²) in [6.07, 6.45) is 0.654. The highest BCUT2D eigenvalue weighted by Crippen LogP contribution is 2.44. The topological polar surface area (TPSA) is 215 Å². The van der Waals surface area contributed by atoms with Crippen molar-refractivity contribution in [3.05, 3.63) is 71.8 Å². The number of carbonyl (C=O) groups excluding carboxylic acids is 4. The molecule has 230 valence electrons. The lowest BCUT2D eigenvalue weighted by Gasteiger charge is -2.35. The monoisotopic (exact) mass is 603 g/mol. The van der Waals surface area contributed by atoms with Crippen molar-refractivity contribution in [1.29, 1.82) is 0 Å². The van der Waals surface area contributed by atoms with Crippen LogP contribution in [0.25, 0.3) is 0 Å². The molecule has 2 unspecified atom stereocenters. The average molecular weight is 604 g/mol. The van der Waals surface area contributed by atoms with Crippen molar-refractivity contribution < 1.29 is 44.6 Å². The van der Waals surface area contributed by atoms with Crippen molar-refractivity contribution in [2.24, 2.45) is 5.92 Å². The summed E-state index contributed by atoms with van der Waals surface area (Å²) in [5.74, 6) is -6.13. The van der Waals surface area contributed by atoms with Gasteiger partial charge in [0.05, 0.1) is 37.4 Å². The summed E-state index contributed by atoms with van der Waals surface area (Å²) >= 11 is 0. The van der Waals surface area contributed by atoms with Gasteiger partial charge < -0.3 is 46.2 Å². The molecular formula is C29H40N4O8P-. The maximum atomic E-state index is 13.6. The lowest BCUT2D eigenvalue weighted by Crippen LogP contribution is -2.56. The number of nitrogens with one attached hydrogen (secondary N) is 3. The predicted octanol–water partition coefficient (Wildman–Crippen LogP) is -1.69. The Hall–Kier alpha value is -3.57. The van der Waals surface area contributed by atoms with Gasteiger partial charge in [-0.3, -0.25) is 14.4 Å². The van der Waals surface area contributed by atoms with Gasteiger partial charge in [0, 0.05) is 19.4 Å².